The largest absolute Gasteiger partial charge is 0.493 e. The standard InChI is InChI=1S/C17H27NO3/c1-6-18-17(5,16(19)20-7-2)10-11-21-15-12-13(3)8-9-14(15)4/h8-9,12,18H,6-7,10-11H2,1-5H3. The molecular weight excluding hydrogens is 266 g/mol. The van der Waals surface area contributed by atoms with E-state index < -0.39 is 5.54 Å². The number of esters is 1. The fourth-order valence-corrected chi connectivity index (χ4v) is 2.17. The maximum absolute atomic E-state index is 12.1. The number of hydrogen-bond acceptors (Lipinski definition) is 4. The van der Waals surface area contributed by atoms with Crippen molar-refractivity contribution in [2.24, 2.45) is 0 Å². The van der Waals surface area contributed by atoms with Crippen LogP contribution in [0.25, 0.3) is 0 Å². The molecule has 21 heavy (non-hydrogen) atoms. The molecule has 1 aromatic carbocycles. The van der Waals surface area contributed by atoms with Crippen LogP contribution in [-0.2, 0) is 9.53 Å². The van der Waals surface area contributed by atoms with Gasteiger partial charge < -0.3 is 14.8 Å². The van der Waals surface area contributed by atoms with Gasteiger partial charge in [0.05, 0.1) is 13.2 Å². The normalized spacial score (nSPS) is 13.6. The molecule has 4 nitrogen and oxygen atoms in total. The summed E-state index contributed by atoms with van der Waals surface area (Å²) in [6.07, 6.45) is 0.563. The first-order chi connectivity index (χ1) is 9.92. The summed E-state index contributed by atoms with van der Waals surface area (Å²) in [6, 6.07) is 6.12. The molecule has 4 heteroatoms. The smallest absolute Gasteiger partial charge is 0.326 e. The van der Waals surface area contributed by atoms with Gasteiger partial charge in [-0.2, -0.15) is 0 Å². The van der Waals surface area contributed by atoms with E-state index in [1.54, 1.807) is 0 Å². The van der Waals surface area contributed by atoms with Crippen LogP contribution < -0.4 is 10.1 Å². The van der Waals surface area contributed by atoms with Gasteiger partial charge in [0.1, 0.15) is 11.3 Å². The van der Waals surface area contributed by atoms with E-state index in [1.165, 1.54) is 0 Å². The van der Waals surface area contributed by atoms with Crippen LogP contribution in [0.1, 0.15) is 38.3 Å². The number of hydrogen-bond donors (Lipinski definition) is 1. The van der Waals surface area contributed by atoms with Crippen LogP contribution in [0.2, 0.25) is 0 Å². The number of nitrogens with one attached hydrogen (secondary N) is 1. The van der Waals surface area contributed by atoms with E-state index in [-0.39, 0.29) is 5.97 Å². The van der Waals surface area contributed by atoms with Gasteiger partial charge in [-0.05, 0) is 51.4 Å². The highest BCUT2D eigenvalue weighted by Crippen LogP contribution is 2.20. The molecule has 1 rings (SSSR count). The van der Waals surface area contributed by atoms with Gasteiger partial charge in [-0.1, -0.05) is 19.1 Å². The average molecular weight is 293 g/mol. The molecule has 0 aliphatic heterocycles. The second-order valence-electron chi connectivity index (χ2n) is 5.45. The van der Waals surface area contributed by atoms with E-state index in [9.17, 15) is 4.79 Å². The number of carbonyl (C=O) groups excluding carboxylic acids is 1. The van der Waals surface area contributed by atoms with Crippen molar-refractivity contribution in [3.8, 4) is 5.75 Å². The Hall–Kier alpha value is -1.55. The van der Waals surface area contributed by atoms with Gasteiger partial charge in [-0.25, -0.2) is 0 Å². The Balaban J connectivity index is 2.65. The van der Waals surface area contributed by atoms with Crippen LogP contribution in [-0.4, -0.2) is 31.3 Å². The summed E-state index contributed by atoms with van der Waals surface area (Å²) in [5.41, 5.74) is 1.56. The van der Waals surface area contributed by atoms with Crippen molar-refractivity contribution in [3.63, 3.8) is 0 Å². The quantitative estimate of drug-likeness (QED) is 0.749. The minimum Gasteiger partial charge on any atom is -0.493 e. The van der Waals surface area contributed by atoms with Crippen molar-refractivity contribution >= 4 is 5.97 Å². The molecule has 1 unspecified atom stereocenters. The molecule has 0 amide bonds. The van der Waals surface area contributed by atoms with E-state index in [1.807, 2.05) is 46.8 Å². The zero-order chi connectivity index (χ0) is 15.9. The van der Waals surface area contributed by atoms with Crippen molar-refractivity contribution in [2.45, 2.75) is 46.6 Å². The molecule has 0 aliphatic carbocycles. The van der Waals surface area contributed by atoms with Crippen molar-refractivity contribution in [2.75, 3.05) is 19.8 Å². The lowest BCUT2D eigenvalue weighted by atomic mass is 9.98. The van der Waals surface area contributed by atoms with Gasteiger partial charge >= 0.3 is 5.97 Å². The van der Waals surface area contributed by atoms with Gasteiger partial charge in [0.2, 0.25) is 0 Å². The Bertz CT molecular complexity index is 473. The Kier molecular flexibility index (Phi) is 6.69. The summed E-state index contributed by atoms with van der Waals surface area (Å²) in [6.45, 7) is 11.3. The van der Waals surface area contributed by atoms with Crippen molar-refractivity contribution in [1.82, 2.24) is 5.32 Å². The molecule has 0 heterocycles. The molecule has 0 radical (unpaired) electrons. The Morgan fingerprint density at radius 1 is 1.29 bits per heavy atom. The first-order valence-electron chi connectivity index (χ1n) is 7.55. The molecule has 0 saturated heterocycles. The highest BCUT2D eigenvalue weighted by Gasteiger charge is 2.33. The monoisotopic (exact) mass is 293 g/mol. The summed E-state index contributed by atoms with van der Waals surface area (Å²) in [5.74, 6) is 0.647. The summed E-state index contributed by atoms with van der Waals surface area (Å²) in [4.78, 5) is 12.1. The SMILES string of the molecule is CCNC(C)(CCOc1cc(C)ccc1C)C(=O)OCC. The number of benzene rings is 1. The van der Waals surface area contributed by atoms with Crippen molar-refractivity contribution < 1.29 is 14.3 Å². The number of rotatable bonds is 8. The van der Waals surface area contributed by atoms with Crippen LogP contribution in [0, 0.1) is 13.8 Å². The lowest BCUT2D eigenvalue weighted by Crippen LogP contribution is -2.51. The van der Waals surface area contributed by atoms with Gasteiger partial charge in [-0.3, -0.25) is 4.79 Å². The number of aryl methyl sites for hydroxylation is 2. The van der Waals surface area contributed by atoms with Crippen molar-refractivity contribution in [3.05, 3.63) is 29.3 Å². The second-order valence-corrected chi connectivity index (χ2v) is 5.45. The average Bonchev–Trinajstić information content (AvgIpc) is 2.43. The Morgan fingerprint density at radius 2 is 2.00 bits per heavy atom. The molecule has 0 aliphatic rings. The third-order valence-corrected chi connectivity index (χ3v) is 3.50. The zero-order valence-electron chi connectivity index (χ0n) is 13.8. The highest BCUT2D eigenvalue weighted by molar-refractivity contribution is 5.80. The topological polar surface area (TPSA) is 47.6 Å². The van der Waals surface area contributed by atoms with E-state index >= 15 is 0 Å². The third kappa shape index (κ3) is 5.05. The molecule has 0 fully saturated rings. The lowest BCUT2D eigenvalue weighted by molar-refractivity contribution is -0.151. The van der Waals surface area contributed by atoms with Gasteiger partial charge in [0, 0.05) is 6.42 Å². The van der Waals surface area contributed by atoms with E-state index in [4.69, 9.17) is 9.47 Å². The third-order valence-electron chi connectivity index (χ3n) is 3.50. The molecule has 0 aromatic heterocycles. The van der Waals surface area contributed by atoms with E-state index in [2.05, 4.69) is 11.4 Å². The highest BCUT2D eigenvalue weighted by atomic mass is 16.5. The predicted molar refractivity (Wildman–Crippen MR) is 84.7 cm³/mol. The molecule has 1 atom stereocenters. The zero-order valence-corrected chi connectivity index (χ0v) is 13.8. The van der Waals surface area contributed by atoms with Gasteiger partial charge in [-0.15, -0.1) is 0 Å². The molecule has 0 saturated carbocycles. The predicted octanol–water partition coefficient (Wildman–Crippen LogP) is 3.00. The minimum absolute atomic E-state index is 0.226. The molecule has 0 bridgehead atoms. The van der Waals surface area contributed by atoms with Crippen molar-refractivity contribution in [1.29, 1.82) is 0 Å². The first-order valence-corrected chi connectivity index (χ1v) is 7.55. The fraction of sp³-hybridized carbons (Fsp3) is 0.588. The van der Waals surface area contributed by atoms with Gasteiger partial charge in [0.25, 0.3) is 0 Å². The summed E-state index contributed by atoms with van der Waals surface area (Å²) in [5, 5.41) is 3.20. The van der Waals surface area contributed by atoms with Gasteiger partial charge in [0.15, 0.2) is 0 Å². The Morgan fingerprint density at radius 3 is 2.62 bits per heavy atom. The summed E-state index contributed by atoms with van der Waals surface area (Å²) >= 11 is 0. The van der Waals surface area contributed by atoms with Crippen LogP contribution in [0.5, 0.6) is 5.75 Å². The number of carbonyl (C=O) groups is 1. The minimum atomic E-state index is -0.706. The maximum atomic E-state index is 12.1. The summed E-state index contributed by atoms with van der Waals surface area (Å²) in [7, 11) is 0. The van der Waals surface area contributed by atoms with Crippen LogP contribution >= 0.6 is 0 Å². The van der Waals surface area contributed by atoms with E-state index in [0.717, 1.165) is 16.9 Å². The molecule has 1 aromatic rings. The molecule has 1 N–H and O–H groups in total. The first kappa shape index (κ1) is 17.5. The molecule has 118 valence electrons. The Labute approximate surface area is 127 Å². The maximum Gasteiger partial charge on any atom is 0.326 e. The fourth-order valence-electron chi connectivity index (χ4n) is 2.17. The molecular formula is C17H27NO3. The van der Waals surface area contributed by atoms with Crippen LogP contribution in [0.3, 0.4) is 0 Å². The lowest BCUT2D eigenvalue weighted by Gasteiger charge is -2.28. The molecule has 0 spiro atoms. The summed E-state index contributed by atoms with van der Waals surface area (Å²) < 4.78 is 11.0. The van der Waals surface area contributed by atoms with Crippen LogP contribution in [0.4, 0.5) is 0 Å². The second kappa shape index (κ2) is 8.03. The number of likely N-dealkylation sites (N-methyl/N-ethyl adjacent to an activating group) is 1. The van der Waals surface area contributed by atoms with Crippen LogP contribution in [0.15, 0.2) is 18.2 Å². The van der Waals surface area contributed by atoms with E-state index in [0.29, 0.717) is 26.2 Å². The number of ether oxygens (including phenoxy) is 2.